The second kappa shape index (κ2) is 9.19. The Morgan fingerprint density at radius 1 is 0.970 bits per heavy atom. The zero-order valence-electron chi connectivity index (χ0n) is 17.8. The minimum absolute atomic E-state index is 0.0962. The molecule has 5 rings (SSSR count). The zero-order valence-corrected chi connectivity index (χ0v) is 20.2. The number of ether oxygens (including phenoxy) is 1. The summed E-state index contributed by atoms with van der Waals surface area (Å²) >= 11 is 7.68. The van der Waals surface area contributed by atoms with Gasteiger partial charge in [-0.3, -0.25) is 4.79 Å². The molecule has 174 valence electrons. The van der Waals surface area contributed by atoms with Gasteiger partial charge in [0.15, 0.2) is 5.13 Å². The van der Waals surface area contributed by atoms with Crippen LogP contribution >= 0.6 is 22.9 Å². The highest BCUT2D eigenvalue weighted by Crippen LogP contribution is 2.31. The van der Waals surface area contributed by atoms with Gasteiger partial charge in [-0.15, -0.1) is 0 Å². The monoisotopic (exact) mass is 506 g/mol. The summed E-state index contributed by atoms with van der Waals surface area (Å²) in [5, 5.41) is 1.62. The Kier molecular flexibility index (Phi) is 6.28. The number of benzene rings is 2. The van der Waals surface area contributed by atoms with Crippen LogP contribution in [-0.4, -0.2) is 81.0 Å². The number of sulfonamides is 1. The van der Waals surface area contributed by atoms with Gasteiger partial charge in [-0.2, -0.15) is 4.31 Å². The van der Waals surface area contributed by atoms with E-state index in [2.05, 4.69) is 4.90 Å². The summed E-state index contributed by atoms with van der Waals surface area (Å²) in [5.74, 6) is -0.0962. The summed E-state index contributed by atoms with van der Waals surface area (Å²) in [6, 6.07) is 11.9. The van der Waals surface area contributed by atoms with Crippen molar-refractivity contribution in [2.45, 2.75) is 4.90 Å². The van der Waals surface area contributed by atoms with Gasteiger partial charge in [0.05, 0.1) is 28.3 Å². The van der Waals surface area contributed by atoms with Crippen LogP contribution in [0.4, 0.5) is 5.13 Å². The highest BCUT2D eigenvalue weighted by molar-refractivity contribution is 7.89. The van der Waals surface area contributed by atoms with Crippen molar-refractivity contribution in [1.82, 2.24) is 14.2 Å². The van der Waals surface area contributed by atoms with Gasteiger partial charge in [0.2, 0.25) is 10.0 Å². The molecule has 2 saturated heterocycles. The molecule has 0 bridgehead atoms. The Morgan fingerprint density at radius 3 is 2.36 bits per heavy atom. The zero-order chi connectivity index (χ0) is 23.0. The van der Waals surface area contributed by atoms with Crippen molar-refractivity contribution in [2.24, 2.45) is 0 Å². The first-order chi connectivity index (χ1) is 15.9. The number of morpholine rings is 1. The maximum atomic E-state index is 13.0. The van der Waals surface area contributed by atoms with Crippen molar-refractivity contribution >= 4 is 54.2 Å². The first-order valence-corrected chi connectivity index (χ1v) is 13.3. The lowest BCUT2D eigenvalue weighted by atomic mass is 10.2. The standard InChI is InChI=1S/C22H23ClN4O4S2/c23-17-3-6-19-20(15-17)32-22(24-19)26-9-7-25(8-10-26)21(28)16-1-4-18(5-2-16)33(29,30)27-11-13-31-14-12-27/h1-6,15H,7-14H2. The van der Waals surface area contributed by atoms with Gasteiger partial charge in [-0.25, -0.2) is 13.4 Å². The van der Waals surface area contributed by atoms with Crippen molar-refractivity contribution in [1.29, 1.82) is 0 Å². The number of hydrogen-bond acceptors (Lipinski definition) is 7. The van der Waals surface area contributed by atoms with Gasteiger partial charge in [-0.1, -0.05) is 22.9 Å². The predicted octanol–water partition coefficient (Wildman–Crippen LogP) is 2.93. The number of hydrogen-bond donors (Lipinski definition) is 0. The van der Waals surface area contributed by atoms with Crippen LogP contribution in [0.15, 0.2) is 47.4 Å². The molecule has 3 aromatic rings. The highest BCUT2D eigenvalue weighted by Gasteiger charge is 2.28. The molecule has 0 spiro atoms. The molecule has 33 heavy (non-hydrogen) atoms. The number of halogens is 1. The Labute approximate surface area is 201 Å². The minimum Gasteiger partial charge on any atom is -0.379 e. The summed E-state index contributed by atoms with van der Waals surface area (Å²) in [6.45, 7) is 3.99. The average molecular weight is 507 g/mol. The Morgan fingerprint density at radius 2 is 1.67 bits per heavy atom. The fraction of sp³-hybridized carbons (Fsp3) is 0.364. The molecule has 0 N–H and O–H groups in total. The molecule has 11 heteroatoms. The maximum absolute atomic E-state index is 13.0. The number of carbonyl (C=O) groups is 1. The van der Waals surface area contributed by atoms with Crippen molar-refractivity contribution in [3.8, 4) is 0 Å². The normalized spacial score (nSPS) is 18.1. The van der Waals surface area contributed by atoms with E-state index in [4.69, 9.17) is 21.3 Å². The lowest BCUT2D eigenvalue weighted by Gasteiger charge is -2.34. The highest BCUT2D eigenvalue weighted by atomic mass is 35.5. The first kappa shape index (κ1) is 22.5. The second-order valence-corrected chi connectivity index (χ2v) is 11.3. The summed E-state index contributed by atoms with van der Waals surface area (Å²) in [4.78, 5) is 21.9. The topological polar surface area (TPSA) is 83.0 Å². The molecule has 1 aromatic heterocycles. The number of aromatic nitrogens is 1. The number of amides is 1. The molecule has 0 aliphatic carbocycles. The van der Waals surface area contributed by atoms with Crippen LogP contribution in [0.3, 0.4) is 0 Å². The number of nitrogens with zero attached hydrogens (tertiary/aromatic N) is 4. The van der Waals surface area contributed by atoms with E-state index in [9.17, 15) is 13.2 Å². The fourth-order valence-corrected chi connectivity index (χ4v) is 6.71. The van der Waals surface area contributed by atoms with Crippen molar-refractivity contribution in [3.05, 3.63) is 53.1 Å². The number of fused-ring (bicyclic) bond motifs is 1. The average Bonchev–Trinajstić information content (AvgIpc) is 3.27. The number of piperazine rings is 1. The number of thiazole rings is 1. The summed E-state index contributed by atoms with van der Waals surface area (Å²) in [6.07, 6.45) is 0. The molecule has 0 atom stereocenters. The minimum atomic E-state index is -3.57. The lowest BCUT2D eigenvalue weighted by molar-refractivity contribution is 0.0730. The van der Waals surface area contributed by atoms with Gasteiger partial charge in [0.1, 0.15) is 0 Å². The molecule has 2 aliphatic heterocycles. The van der Waals surface area contributed by atoms with E-state index in [0.29, 0.717) is 63.1 Å². The third kappa shape index (κ3) is 4.58. The Balaban J connectivity index is 1.23. The maximum Gasteiger partial charge on any atom is 0.253 e. The number of anilines is 1. The molecule has 2 aliphatic rings. The molecular formula is C22H23ClN4O4S2. The van der Waals surface area contributed by atoms with Crippen LogP contribution in [0, 0.1) is 0 Å². The van der Waals surface area contributed by atoms with Crippen molar-refractivity contribution in [3.63, 3.8) is 0 Å². The molecule has 8 nitrogen and oxygen atoms in total. The van der Waals surface area contributed by atoms with Crippen LogP contribution in [0.5, 0.6) is 0 Å². The Hall–Kier alpha value is -2.24. The molecule has 3 heterocycles. The van der Waals surface area contributed by atoms with Crippen molar-refractivity contribution < 1.29 is 17.9 Å². The third-order valence-corrected chi connectivity index (χ3v) is 9.11. The van der Waals surface area contributed by atoms with E-state index >= 15 is 0 Å². The SMILES string of the molecule is O=C(c1ccc(S(=O)(=O)N2CCOCC2)cc1)N1CCN(c2nc3ccc(Cl)cc3s2)CC1. The first-order valence-electron chi connectivity index (χ1n) is 10.7. The van der Waals surface area contributed by atoms with Gasteiger partial charge < -0.3 is 14.5 Å². The Bertz CT molecular complexity index is 1270. The molecule has 1 amide bonds. The molecule has 0 radical (unpaired) electrons. The van der Waals surface area contributed by atoms with Crippen LogP contribution < -0.4 is 4.90 Å². The molecule has 2 aromatic carbocycles. The van der Waals surface area contributed by atoms with E-state index in [1.54, 1.807) is 28.4 Å². The van der Waals surface area contributed by atoms with E-state index in [0.717, 1.165) is 15.3 Å². The molecule has 0 saturated carbocycles. The van der Waals surface area contributed by atoms with Crippen LogP contribution in [0.2, 0.25) is 5.02 Å². The van der Waals surface area contributed by atoms with Gasteiger partial charge in [-0.05, 0) is 42.5 Å². The smallest absolute Gasteiger partial charge is 0.253 e. The van der Waals surface area contributed by atoms with Crippen LogP contribution in [-0.2, 0) is 14.8 Å². The quantitative estimate of drug-likeness (QED) is 0.541. The molecule has 2 fully saturated rings. The largest absolute Gasteiger partial charge is 0.379 e. The van der Waals surface area contributed by atoms with E-state index in [1.165, 1.54) is 16.4 Å². The van der Waals surface area contributed by atoms with E-state index in [-0.39, 0.29) is 10.8 Å². The van der Waals surface area contributed by atoms with Gasteiger partial charge in [0.25, 0.3) is 5.91 Å². The van der Waals surface area contributed by atoms with E-state index < -0.39 is 10.0 Å². The predicted molar refractivity (Wildman–Crippen MR) is 129 cm³/mol. The lowest BCUT2D eigenvalue weighted by Crippen LogP contribution is -2.48. The van der Waals surface area contributed by atoms with Crippen LogP contribution in [0.1, 0.15) is 10.4 Å². The van der Waals surface area contributed by atoms with Gasteiger partial charge >= 0.3 is 0 Å². The molecule has 0 unspecified atom stereocenters. The number of rotatable bonds is 4. The summed E-state index contributed by atoms with van der Waals surface area (Å²) in [5.41, 5.74) is 1.41. The van der Waals surface area contributed by atoms with Crippen LogP contribution in [0.25, 0.3) is 10.2 Å². The van der Waals surface area contributed by atoms with Crippen molar-refractivity contribution in [2.75, 3.05) is 57.4 Å². The fourth-order valence-electron chi connectivity index (χ4n) is 4.01. The van der Waals surface area contributed by atoms with E-state index in [1.807, 2.05) is 18.2 Å². The second-order valence-electron chi connectivity index (χ2n) is 7.93. The number of carbonyl (C=O) groups excluding carboxylic acids is 1. The summed E-state index contributed by atoms with van der Waals surface area (Å²) < 4.78 is 33.3. The van der Waals surface area contributed by atoms with Gasteiger partial charge in [0, 0.05) is 49.9 Å². The third-order valence-electron chi connectivity index (χ3n) is 5.89. The summed E-state index contributed by atoms with van der Waals surface area (Å²) in [7, 11) is -3.57. The molecular weight excluding hydrogens is 484 g/mol.